The number of hydrogen-bond donors (Lipinski definition) is 3. The van der Waals surface area contributed by atoms with Crippen molar-refractivity contribution in [2.45, 2.75) is 13.8 Å². The van der Waals surface area contributed by atoms with Gasteiger partial charge in [-0.2, -0.15) is 5.10 Å². The second-order valence-electron chi connectivity index (χ2n) is 8.74. The molecule has 6 rings (SSSR count). The van der Waals surface area contributed by atoms with Gasteiger partial charge >= 0.3 is 0 Å². The molecule has 0 aromatic carbocycles. The lowest BCUT2D eigenvalue weighted by molar-refractivity contribution is -0.118. The Morgan fingerprint density at radius 3 is 2.68 bits per heavy atom. The van der Waals surface area contributed by atoms with Crippen LogP contribution in [0.25, 0.3) is 56.1 Å². The molecule has 1 amide bonds. The van der Waals surface area contributed by atoms with Gasteiger partial charge in [0.15, 0.2) is 11.6 Å². The highest BCUT2D eigenvalue weighted by atomic mass is 19.1. The maximum atomic E-state index is 16.0. The average Bonchev–Trinajstić information content (AvgIpc) is 3.54. The first-order chi connectivity index (χ1) is 18.0. The van der Waals surface area contributed by atoms with Crippen LogP contribution >= 0.6 is 0 Å². The fourth-order valence-electron chi connectivity index (χ4n) is 4.01. The Morgan fingerprint density at radius 1 is 0.973 bits per heavy atom. The summed E-state index contributed by atoms with van der Waals surface area (Å²) in [5.41, 5.74) is 4.26. The fraction of sp³-hybridized carbons (Fsp3) is 0.115. The molecule has 0 unspecified atom stereocenters. The first kappa shape index (κ1) is 22.4. The summed E-state index contributed by atoms with van der Waals surface area (Å²) in [5.74, 6) is -0.581. The van der Waals surface area contributed by atoms with Crippen molar-refractivity contribution in [2.24, 2.45) is 5.92 Å². The van der Waals surface area contributed by atoms with Crippen LogP contribution in [-0.2, 0) is 4.79 Å². The van der Waals surface area contributed by atoms with E-state index in [4.69, 9.17) is 4.98 Å². The van der Waals surface area contributed by atoms with Gasteiger partial charge in [0, 0.05) is 30.1 Å². The lowest BCUT2D eigenvalue weighted by Crippen LogP contribution is -2.17. The molecule has 0 fully saturated rings. The third-order valence-electron chi connectivity index (χ3n) is 5.88. The summed E-state index contributed by atoms with van der Waals surface area (Å²) in [7, 11) is 0. The van der Waals surface area contributed by atoms with Gasteiger partial charge in [-0.1, -0.05) is 19.9 Å². The molecule has 0 aliphatic heterocycles. The normalized spacial score (nSPS) is 11.5. The molecular formula is C26H20FN9O. The molecule has 37 heavy (non-hydrogen) atoms. The number of rotatable bonds is 5. The van der Waals surface area contributed by atoms with E-state index >= 15 is 4.39 Å². The number of nitrogens with zero attached hydrogens (tertiary/aromatic N) is 6. The Kier molecular flexibility index (Phi) is 5.37. The Bertz CT molecular complexity index is 1780. The second kappa shape index (κ2) is 8.86. The SMILES string of the molecule is CC(C)C(=O)Nc1cncc(-c2ncc3[nH]nc(-c4nc5c(-c6ccccn6)nccc5[nH]4)c3c2F)c1. The highest BCUT2D eigenvalue weighted by Crippen LogP contribution is 2.34. The van der Waals surface area contributed by atoms with E-state index < -0.39 is 5.82 Å². The van der Waals surface area contributed by atoms with Crippen molar-refractivity contribution in [1.82, 2.24) is 40.1 Å². The summed E-state index contributed by atoms with van der Waals surface area (Å²) in [5, 5.41) is 10.2. The van der Waals surface area contributed by atoms with E-state index in [-0.39, 0.29) is 22.9 Å². The van der Waals surface area contributed by atoms with E-state index in [9.17, 15) is 4.79 Å². The number of aromatic amines is 2. The van der Waals surface area contributed by atoms with Crippen molar-refractivity contribution in [3.05, 3.63) is 67.1 Å². The number of carbonyl (C=O) groups excluding carboxylic acids is 1. The smallest absolute Gasteiger partial charge is 0.226 e. The number of aromatic nitrogens is 8. The van der Waals surface area contributed by atoms with Crippen molar-refractivity contribution >= 4 is 33.5 Å². The summed E-state index contributed by atoms with van der Waals surface area (Å²) in [6.45, 7) is 3.57. The Hall–Kier alpha value is -5.06. The van der Waals surface area contributed by atoms with Crippen molar-refractivity contribution < 1.29 is 9.18 Å². The van der Waals surface area contributed by atoms with Gasteiger partial charge in [-0.05, 0) is 24.3 Å². The van der Waals surface area contributed by atoms with E-state index in [2.05, 4.69) is 40.4 Å². The standard InChI is InChI=1S/C26H20FN9O/c1-13(2)26(37)32-15-9-14(10-28-11-15)21-20(27)19-18(12-31-21)35-36-24(19)25-33-17-6-8-30-22(23(17)34-25)16-5-3-4-7-29-16/h3-13H,1-2H3,(H,32,37)(H,33,34)(H,35,36). The number of fused-ring (bicyclic) bond motifs is 2. The van der Waals surface area contributed by atoms with Crippen LogP contribution in [0.4, 0.5) is 10.1 Å². The Labute approximate surface area is 209 Å². The minimum Gasteiger partial charge on any atom is -0.336 e. The second-order valence-corrected chi connectivity index (χ2v) is 8.74. The first-order valence-corrected chi connectivity index (χ1v) is 11.5. The third-order valence-corrected chi connectivity index (χ3v) is 5.88. The Morgan fingerprint density at radius 2 is 1.86 bits per heavy atom. The summed E-state index contributed by atoms with van der Waals surface area (Å²) >= 11 is 0. The van der Waals surface area contributed by atoms with Gasteiger partial charge in [-0.25, -0.2) is 9.37 Å². The average molecular weight is 494 g/mol. The Balaban J connectivity index is 1.45. The number of imidazole rings is 1. The molecule has 6 aromatic heterocycles. The molecule has 0 radical (unpaired) electrons. The molecule has 3 N–H and O–H groups in total. The number of carbonyl (C=O) groups is 1. The molecule has 0 spiro atoms. The molecule has 0 atom stereocenters. The van der Waals surface area contributed by atoms with Gasteiger partial charge in [0.2, 0.25) is 5.91 Å². The van der Waals surface area contributed by atoms with Crippen molar-refractivity contribution in [3.8, 4) is 34.2 Å². The molecule has 0 saturated heterocycles. The van der Waals surface area contributed by atoms with Gasteiger partial charge in [-0.15, -0.1) is 0 Å². The quantitative estimate of drug-likeness (QED) is 0.315. The van der Waals surface area contributed by atoms with Crippen molar-refractivity contribution in [3.63, 3.8) is 0 Å². The molecule has 6 heterocycles. The van der Waals surface area contributed by atoms with Gasteiger partial charge in [0.1, 0.15) is 22.6 Å². The number of halogens is 1. The molecule has 0 saturated carbocycles. The lowest BCUT2D eigenvalue weighted by atomic mass is 10.1. The number of pyridine rings is 4. The highest BCUT2D eigenvalue weighted by molar-refractivity contribution is 5.97. The monoisotopic (exact) mass is 493 g/mol. The van der Waals surface area contributed by atoms with Crippen LogP contribution in [0, 0.1) is 11.7 Å². The molecule has 0 aliphatic rings. The van der Waals surface area contributed by atoms with Crippen molar-refractivity contribution in [1.29, 1.82) is 0 Å². The van der Waals surface area contributed by atoms with Gasteiger partial charge in [0.25, 0.3) is 0 Å². The minimum absolute atomic E-state index is 0.0789. The van der Waals surface area contributed by atoms with Crippen molar-refractivity contribution in [2.75, 3.05) is 5.32 Å². The number of nitrogens with one attached hydrogen (secondary N) is 3. The van der Waals surface area contributed by atoms with E-state index in [1.165, 1.54) is 18.6 Å². The summed E-state index contributed by atoms with van der Waals surface area (Å²) < 4.78 is 16.0. The van der Waals surface area contributed by atoms with Crippen LogP contribution in [0.5, 0.6) is 0 Å². The molecule has 11 heteroatoms. The maximum Gasteiger partial charge on any atom is 0.226 e. The van der Waals surface area contributed by atoms with Crippen LogP contribution in [0.15, 0.2) is 61.3 Å². The van der Waals surface area contributed by atoms with Gasteiger partial charge < -0.3 is 10.3 Å². The summed E-state index contributed by atoms with van der Waals surface area (Å²) in [4.78, 5) is 37.3. The lowest BCUT2D eigenvalue weighted by Gasteiger charge is -2.09. The van der Waals surface area contributed by atoms with Gasteiger partial charge in [0.05, 0.1) is 40.2 Å². The maximum absolute atomic E-state index is 16.0. The number of H-pyrrole nitrogens is 2. The molecule has 0 bridgehead atoms. The van der Waals surface area contributed by atoms with E-state index in [1.54, 1.807) is 38.4 Å². The van der Waals surface area contributed by atoms with Crippen LogP contribution in [0.2, 0.25) is 0 Å². The summed E-state index contributed by atoms with van der Waals surface area (Å²) in [6.07, 6.45) is 7.86. The number of hydrogen-bond acceptors (Lipinski definition) is 7. The van der Waals surface area contributed by atoms with Crippen LogP contribution in [0.3, 0.4) is 0 Å². The molecule has 10 nitrogen and oxygen atoms in total. The topological polar surface area (TPSA) is 138 Å². The molecule has 6 aromatic rings. The van der Waals surface area contributed by atoms with Gasteiger partial charge in [-0.3, -0.25) is 29.8 Å². The van der Waals surface area contributed by atoms with Crippen LogP contribution < -0.4 is 5.32 Å². The van der Waals surface area contributed by atoms with Crippen LogP contribution in [-0.4, -0.2) is 46.0 Å². The van der Waals surface area contributed by atoms with E-state index in [0.29, 0.717) is 50.7 Å². The van der Waals surface area contributed by atoms with E-state index in [0.717, 1.165) is 0 Å². The fourth-order valence-corrected chi connectivity index (χ4v) is 4.01. The molecule has 0 aliphatic carbocycles. The zero-order chi connectivity index (χ0) is 25.5. The predicted octanol–water partition coefficient (Wildman–Crippen LogP) is 4.75. The predicted molar refractivity (Wildman–Crippen MR) is 137 cm³/mol. The first-order valence-electron chi connectivity index (χ1n) is 11.5. The largest absolute Gasteiger partial charge is 0.336 e. The van der Waals surface area contributed by atoms with E-state index in [1.807, 2.05) is 18.2 Å². The third kappa shape index (κ3) is 3.96. The zero-order valence-electron chi connectivity index (χ0n) is 19.8. The molecule has 182 valence electrons. The summed E-state index contributed by atoms with van der Waals surface area (Å²) in [6, 6.07) is 8.98. The minimum atomic E-state index is -0.584. The number of amides is 1. The zero-order valence-corrected chi connectivity index (χ0v) is 19.8. The highest BCUT2D eigenvalue weighted by Gasteiger charge is 2.22. The van der Waals surface area contributed by atoms with Crippen LogP contribution in [0.1, 0.15) is 13.8 Å². The number of anilines is 1. The molecular weight excluding hydrogens is 473 g/mol.